The number of nitrogens with zero attached hydrogens (tertiary/aromatic N) is 1. The number of hydrogen-bond acceptors (Lipinski definition) is 4. The molecule has 3 rings (SSSR count). The van der Waals surface area contributed by atoms with Crippen molar-refractivity contribution in [2.75, 3.05) is 10.6 Å². The zero-order chi connectivity index (χ0) is 18.7. The van der Waals surface area contributed by atoms with E-state index in [0.717, 1.165) is 35.1 Å². The fourth-order valence-electron chi connectivity index (χ4n) is 2.23. The van der Waals surface area contributed by atoms with Gasteiger partial charge in [0.25, 0.3) is 5.91 Å². The third kappa shape index (κ3) is 4.09. The Morgan fingerprint density at radius 2 is 1.77 bits per heavy atom. The molecule has 0 saturated carbocycles. The van der Waals surface area contributed by atoms with Gasteiger partial charge in [0.05, 0.1) is 11.3 Å². The van der Waals surface area contributed by atoms with Crippen molar-refractivity contribution in [2.45, 2.75) is 6.92 Å². The number of halogens is 2. The fraction of sp³-hybridized carbons (Fsp3) is 0.0556. The quantitative estimate of drug-likeness (QED) is 0.716. The van der Waals surface area contributed by atoms with Crippen LogP contribution in [0.15, 0.2) is 47.8 Å². The third-order valence-electron chi connectivity index (χ3n) is 3.40. The monoisotopic (exact) mass is 373 g/mol. The Balaban J connectivity index is 1.74. The van der Waals surface area contributed by atoms with Crippen molar-refractivity contribution in [3.63, 3.8) is 0 Å². The first kappa shape index (κ1) is 17.7. The van der Waals surface area contributed by atoms with E-state index in [1.54, 1.807) is 29.6 Å². The maximum atomic E-state index is 13.6. The van der Waals surface area contributed by atoms with Gasteiger partial charge in [0.15, 0.2) is 5.13 Å². The van der Waals surface area contributed by atoms with Gasteiger partial charge in [-0.3, -0.25) is 14.9 Å². The first-order valence-electron chi connectivity index (χ1n) is 7.52. The van der Waals surface area contributed by atoms with Gasteiger partial charge in [0.2, 0.25) is 5.91 Å². The summed E-state index contributed by atoms with van der Waals surface area (Å²) >= 11 is 1.16. The lowest BCUT2D eigenvalue weighted by Gasteiger charge is -2.04. The standard InChI is InChI=1S/C18H13F2N3O2S/c1-10(24)21-13-5-2-11(3-6-13)16-9-26-18(22-16)23-17(25)14-8-12(19)4-7-15(14)20/h2-9H,1H3,(H,21,24)(H,22,23,25). The largest absolute Gasteiger partial charge is 0.326 e. The van der Waals surface area contributed by atoms with Gasteiger partial charge < -0.3 is 5.32 Å². The van der Waals surface area contributed by atoms with E-state index in [4.69, 9.17) is 0 Å². The molecule has 0 unspecified atom stereocenters. The lowest BCUT2D eigenvalue weighted by molar-refractivity contribution is -0.114. The number of nitrogens with one attached hydrogen (secondary N) is 2. The molecule has 26 heavy (non-hydrogen) atoms. The summed E-state index contributed by atoms with van der Waals surface area (Å²) in [6.07, 6.45) is 0. The minimum Gasteiger partial charge on any atom is -0.326 e. The van der Waals surface area contributed by atoms with E-state index in [2.05, 4.69) is 15.6 Å². The first-order valence-corrected chi connectivity index (χ1v) is 8.40. The van der Waals surface area contributed by atoms with Crippen molar-refractivity contribution < 1.29 is 18.4 Å². The Bertz CT molecular complexity index is 971. The van der Waals surface area contributed by atoms with Crippen molar-refractivity contribution in [1.82, 2.24) is 4.98 Å². The topological polar surface area (TPSA) is 71.1 Å². The highest BCUT2D eigenvalue weighted by atomic mass is 32.1. The maximum absolute atomic E-state index is 13.6. The van der Waals surface area contributed by atoms with Crippen LogP contribution in [-0.4, -0.2) is 16.8 Å². The molecule has 1 aromatic heterocycles. The number of benzene rings is 2. The van der Waals surface area contributed by atoms with Crippen LogP contribution in [-0.2, 0) is 4.79 Å². The van der Waals surface area contributed by atoms with Crippen LogP contribution in [0.25, 0.3) is 11.3 Å². The molecule has 0 radical (unpaired) electrons. The van der Waals surface area contributed by atoms with Crippen molar-refractivity contribution in [2.24, 2.45) is 0 Å². The summed E-state index contributed by atoms with van der Waals surface area (Å²) in [6, 6.07) is 9.69. The number of thiazole rings is 1. The lowest BCUT2D eigenvalue weighted by Crippen LogP contribution is -2.13. The summed E-state index contributed by atoms with van der Waals surface area (Å²) in [6.45, 7) is 1.42. The highest BCUT2D eigenvalue weighted by Gasteiger charge is 2.15. The molecule has 0 fully saturated rings. The van der Waals surface area contributed by atoms with Crippen molar-refractivity contribution in [1.29, 1.82) is 0 Å². The van der Waals surface area contributed by atoms with Crippen molar-refractivity contribution in [3.05, 3.63) is 65.0 Å². The molecular weight excluding hydrogens is 360 g/mol. The number of carbonyl (C=O) groups is 2. The lowest BCUT2D eigenvalue weighted by atomic mass is 10.1. The molecule has 5 nitrogen and oxygen atoms in total. The SMILES string of the molecule is CC(=O)Nc1ccc(-c2csc(NC(=O)c3cc(F)ccc3F)n2)cc1. The molecule has 1 heterocycles. The minimum absolute atomic E-state index is 0.166. The van der Waals surface area contributed by atoms with Crippen LogP contribution in [0.5, 0.6) is 0 Å². The van der Waals surface area contributed by atoms with Gasteiger partial charge in [-0.05, 0) is 30.3 Å². The number of anilines is 2. The molecule has 2 amide bonds. The molecular formula is C18H13F2N3O2S. The molecule has 2 aromatic carbocycles. The Labute approximate surface area is 151 Å². The van der Waals surface area contributed by atoms with Crippen LogP contribution in [0, 0.1) is 11.6 Å². The first-order chi connectivity index (χ1) is 12.4. The predicted octanol–water partition coefficient (Wildman–Crippen LogP) is 4.30. The Morgan fingerprint density at radius 3 is 2.46 bits per heavy atom. The summed E-state index contributed by atoms with van der Waals surface area (Å²) < 4.78 is 26.8. The van der Waals surface area contributed by atoms with Crippen LogP contribution in [0.4, 0.5) is 19.6 Å². The summed E-state index contributed by atoms with van der Waals surface area (Å²) in [4.78, 5) is 27.4. The number of hydrogen-bond donors (Lipinski definition) is 2. The van der Waals surface area contributed by atoms with Crippen LogP contribution >= 0.6 is 11.3 Å². The van der Waals surface area contributed by atoms with E-state index in [-0.39, 0.29) is 16.6 Å². The molecule has 0 spiro atoms. The van der Waals surface area contributed by atoms with E-state index in [1.807, 2.05) is 0 Å². The molecule has 132 valence electrons. The van der Waals surface area contributed by atoms with E-state index in [1.165, 1.54) is 6.92 Å². The van der Waals surface area contributed by atoms with E-state index >= 15 is 0 Å². The Hall–Kier alpha value is -3.13. The Morgan fingerprint density at radius 1 is 1.04 bits per heavy atom. The van der Waals surface area contributed by atoms with Gasteiger partial charge in [-0.2, -0.15) is 0 Å². The second-order valence-corrected chi connectivity index (χ2v) is 6.23. The Kier molecular flexibility index (Phi) is 5.04. The molecule has 0 aliphatic carbocycles. The predicted molar refractivity (Wildman–Crippen MR) is 96.2 cm³/mol. The molecule has 8 heteroatoms. The molecule has 0 atom stereocenters. The number of amides is 2. The van der Waals surface area contributed by atoms with Gasteiger partial charge in [-0.15, -0.1) is 11.3 Å². The molecule has 0 bridgehead atoms. The van der Waals surface area contributed by atoms with Crippen molar-refractivity contribution >= 4 is 34.0 Å². The van der Waals surface area contributed by atoms with Crippen LogP contribution in [0.3, 0.4) is 0 Å². The second kappa shape index (κ2) is 7.40. The van der Waals surface area contributed by atoms with Crippen LogP contribution in [0.2, 0.25) is 0 Å². The second-order valence-electron chi connectivity index (χ2n) is 5.37. The zero-order valence-electron chi connectivity index (χ0n) is 13.5. The van der Waals surface area contributed by atoms with Gasteiger partial charge >= 0.3 is 0 Å². The summed E-state index contributed by atoms with van der Waals surface area (Å²) in [7, 11) is 0. The van der Waals surface area contributed by atoms with Gasteiger partial charge in [0, 0.05) is 23.6 Å². The third-order valence-corrected chi connectivity index (χ3v) is 4.16. The van der Waals surface area contributed by atoms with Gasteiger partial charge in [-0.1, -0.05) is 12.1 Å². The molecule has 2 N–H and O–H groups in total. The summed E-state index contributed by atoms with van der Waals surface area (Å²) in [5, 5.41) is 7.11. The van der Waals surface area contributed by atoms with Crippen LogP contribution in [0.1, 0.15) is 17.3 Å². The molecule has 3 aromatic rings. The average molecular weight is 373 g/mol. The molecule has 0 aliphatic rings. The van der Waals surface area contributed by atoms with Crippen molar-refractivity contribution in [3.8, 4) is 11.3 Å². The van der Waals surface area contributed by atoms with Crippen LogP contribution < -0.4 is 10.6 Å². The normalized spacial score (nSPS) is 10.4. The highest BCUT2D eigenvalue weighted by molar-refractivity contribution is 7.14. The van der Waals surface area contributed by atoms with Gasteiger partial charge in [-0.25, -0.2) is 13.8 Å². The summed E-state index contributed by atoms with van der Waals surface area (Å²) in [5.41, 5.74) is 1.67. The van der Waals surface area contributed by atoms with Gasteiger partial charge in [0.1, 0.15) is 11.6 Å². The molecule has 0 aliphatic heterocycles. The molecule has 0 saturated heterocycles. The van der Waals surface area contributed by atoms with E-state index in [0.29, 0.717) is 11.4 Å². The number of aromatic nitrogens is 1. The highest BCUT2D eigenvalue weighted by Crippen LogP contribution is 2.26. The van der Waals surface area contributed by atoms with E-state index in [9.17, 15) is 18.4 Å². The maximum Gasteiger partial charge on any atom is 0.260 e. The summed E-state index contributed by atoms with van der Waals surface area (Å²) in [5.74, 6) is -2.45. The smallest absolute Gasteiger partial charge is 0.260 e. The average Bonchev–Trinajstić information content (AvgIpc) is 3.05. The minimum atomic E-state index is -0.811. The van der Waals surface area contributed by atoms with E-state index < -0.39 is 17.5 Å². The zero-order valence-corrected chi connectivity index (χ0v) is 14.4. The number of rotatable bonds is 4. The number of carbonyl (C=O) groups excluding carboxylic acids is 2. The fourth-order valence-corrected chi connectivity index (χ4v) is 2.94.